The number of thioether (sulfide) groups is 1. The molecule has 3 nitrogen and oxygen atoms in total. The number of aromatic nitrogens is 2. The van der Waals surface area contributed by atoms with Gasteiger partial charge in [-0.25, -0.2) is 9.97 Å². The lowest BCUT2D eigenvalue weighted by Crippen LogP contribution is -2.04. The first-order valence-electron chi connectivity index (χ1n) is 4.84. The van der Waals surface area contributed by atoms with E-state index >= 15 is 0 Å². The number of unbranched alkanes of at least 4 members (excludes halogenated alkanes) is 1. The van der Waals surface area contributed by atoms with Crippen molar-refractivity contribution in [1.29, 1.82) is 0 Å². The standard InChI is InChI=1S/C10H17N3S/c1-9-7-10(13-8-12-9)11-5-3-4-6-14-2/h7-8H,3-6H2,1-2H3,(H,11,12,13). The second kappa shape index (κ2) is 6.65. The fraction of sp³-hybridized carbons (Fsp3) is 0.600. The number of nitrogens with zero attached hydrogens (tertiary/aromatic N) is 2. The van der Waals surface area contributed by atoms with E-state index in [-0.39, 0.29) is 0 Å². The normalized spacial score (nSPS) is 10.1. The van der Waals surface area contributed by atoms with Crippen LogP contribution in [0.15, 0.2) is 12.4 Å². The van der Waals surface area contributed by atoms with Gasteiger partial charge < -0.3 is 5.32 Å². The molecule has 1 rings (SSSR count). The largest absolute Gasteiger partial charge is 0.370 e. The second-order valence-electron chi connectivity index (χ2n) is 3.17. The minimum absolute atomic E-state index is 0.932. The highest BCUT2D eigenvalue weighted by atomic mass is 32.2. The minimum Gasteiger partial charge on any atom is -0.370 e. The molecule has 0 saturated carbocycles. The molecule has 4 heteroatoms. The van der Waals surface area contributed by atoms with Crippen molar-refractivity contribution in [1.82, 2.24) is 9.97 Å². The van der Waals surface area contributed by atoms with Gasteiger partial charge in [0, 0.05) is 18.3 Å². The molecule has 0 aliphatic carbocycles. The van der Waals surface area contributed by atoms with Crippen molar-refractivity contribution in [2.24, 2.45) is 0 Å². The molecule has 0 saturated heterocycles. The van der Waals surface area contributed by atoms with Gasteiger partial charge in [0.05, 0.1) is 0 Å². The summed E-state index contributed by atoms with van der Waals surface area (Å²) >= 11 is 1.90. The van der Waals surface area contributed by atoms with Crippen molar-refractivity contribution < 1.29 is 0 Å². The van der Waals surface area contributed by atoms with E-state index in [0.717, 1.165) is 18.1 Å². The van der Waals surface area contributed by atoms with Crippen LogP contribution in [-0.2, 0) is 0 Å². The van der Waals surface area contributed by atoms with Crippen molar-refractivity contribution >= 4 is 17.6 Å². The van der Waals surface area contributed by atoms with Gasteiger partial charge in [-0.15, -0.1) is 0 Å². The van der Waals surface area contributed by atoms with E-state index in [1.54, 1.807) is 6.33 Å². The lowest BCUT2D eigenvalue weighted by molar-refractivity contribution is 0.838. The third-order valence-electron chi connectivity index (χ3n) is 1.89. The van der Waals surface area contributed by atoms with Crippen LogP contribution in [0, 0.1) is 6.92 Å². The van der Waals surface area contributed by atoms with Gasteiger partial charge in [0.1, 0.15) is 12.1 Å². The Bertz CT molecular complexity index is 265. The Morgan fingerprint density at radius 1 is 1.36 bits per heavy atom. The highest BCUT2D eigenvalue weighted by Crippen LogP contribution is 2.04. The zero-order valence-electron chi connectivity index (χ0n) is 8.79. The summed E-state index contributed by atoms with van der Waals surface area (Å²) in [5.41, 5.74) is 1.01. The fourth-order valence-corrected chi connectivity index (χ4v) is 1.63. The summed E-state index contributed by atoms with van der Waals surface area (Å²) in [7, 11) is 0. The quantitative estimate of drug-likeness (QED) is 0.733. The first-order chi connectivity index (χ1) is 6.83. The molecule has 1 N–H and O–H groups in total. The van der Waals surface area contributed by atoms with E-state index in [0.29, 0.717) is 0 Å². The van der Waals surface area contributed by atoms with Crippen LogP contribution in [0.5, 0.6) is 0 Å². The van der Waals surface area contributed by atoms with Gasteiger partial charge in [0.2, 0.25) is 0 Å². The highest BCUT2D eigenvalue weighted by molar-refractivity contribution is 7.98. The van der Waals surface area contributed by atoms with Crippen LogP contribution >= 0.6 is 11.8 Å². The highest BCUT2D eigenvalue weighted by Gasteiger charge is 1.93. The third-order valence-corrected chi connectivity index (χ3v) is 2.58. The zero-order chi connectivity index (χ0) is 10.2. The molecule has 0 amide bonds. The van der Waals surface area contributed by atoms with Gasteiger partial charge in [-0.2, -0.15) is 11.8 Å². The van der Waals surface area contributed by atoms with Crippen molar-refractivity contribution in [2.75, 3.05) is 23.9 Å². The van der Waals surface area contributed by atoms with E-state index in [1.807, 2.05) is 24.8 Å². The molecule has 1 aromatic rings. The van der Waals surface area contributed by atoms with Crippen LogP contribution in [0.1, 0.15) is 18.5 Å². The fourth-order valence-electron chi connectivity index (χ4n) is 1.14. The Morgan fingerprint density at radius 3 is 2.93 bits per heavy atom. The van der Waals surface area contributed by atoms with E-state index in [4.69, 9.17) is 0 Å². The third kappa shape index (κ3) is 4.46. The van der Waals surface area contributed by atoms with Gasteiger partial charge in [-0.05, 0) is 31.8 Å². The van der Waals surface area contributed by atoms with Crippen LogP contribution in [-0.4, -0.2) is 28.5 Å². The molecule has 0 aliphatic heterocycles. The summed E-state index contributed by atoms with van der Waals surface area (Å²) in [4.78, 5) is 8.17. The molecule has 78 valence electrons. The van der Waals surface area contributed by atoms with Crippen molar-refractivity contribution in [3.05, 3.63) is 18.1 Å². The van der Waals surface area contributed by atoms with Crippen LogP contribution in [0.3, 0.4) is 0 Å². The summed E-state index contributed by atoms with van der Waals surface area (Å²) in [6.45, 7) is 2.97. The summed E-state index contributed by atoms with van der Waals surface area (Å²) in [6, 6.07) is 1.97. The van der Waals surface area contributed by atoms with Gasteiger partial charge in [-0.1, -0.05) is 0 Å². The number of hydrogen-bond acceptors (Lipinski definition) is 4. The summed E-state index contributed by atoms with van der Waals surface area (Å²) in [6.07, 6.45) is 6.20. The summed E-state index contributed by atoms with van der Waals surface area (Å²) < 4.78 is 0. The number of nitrogens with one attached hydrogen (secondary N) is 1. The van der Waals surface area contributed by atoms with E-state index in [1.165, 1.54) is 18.6 Å². The first-order valence-corrected chi connectivity index (χ1v) is 6.24. The van der Waals surface area contributed by atoms with Crippen LogP contribution in [0.25, 0.3) is 0 Å². The molecule has 14 heavy (non-hydrogen) atoms. The molecule has 1 heterocycles. The predicted molar refractivity (Wildman–Crippen MR) is 62.9 cm³/mol. The van der Waals surface area contributed by atoms with Crippen LogP contribution < -0.4 is 5.32 Å². The first kappa shape index (κ1) is 11.3. The zero-order valence-corrected chi connectivity index (χ0v) is 9.60. The van der Waals surface area contributed by atoms with E-state index < -0.39 is 0 Å². The maximum atomic E-state index is 4.13. The maximum absolute atomic E-state index is 4.13. The second-order valence-corrected chi connectivity index (χ2v) is 4.16. The molecule has 0 fully saturated rings. The number of rotatable bonds is 6. The van der Waals surface area contributed by atoms with Gasteiger partial charge in [0.25, 0.3) is 0 Å². The molecule has 0 unspecified atom stereocenters. The monoisotopic (exact) mass is 211 g/mol. The molecule has 0 bridgehead atoms. The molecule has 0 spiro atoms. The average Bonchev–Trinajstić information content (AvgIpc) is 2.18. The van der Waals surface area contributed by atoms with Gasteiger partial charge in [0.15, 0.2) is 0 Å². The maximum Gasteiger partial charge on any atom is 0.129 e. The molecule has 0 aromatic carbocycles. The van der Waals surface area contributed by atoms with Crippen LogP contribution in [0.4, 0.5) is 5.82 Å². The Labute approximate surface area is 89.7 Å². The van der Waals surface area contributed by atoms with Gasteiger partial charge in [-0.3, -0.25) is 0 Å². The summed E-state index contributed by atoms with van der Waals surface area (Å²) in [5.74, 6) is 2.17. The molecule has 0 radical (unpaired) electrons. The Balaban J connectivity index is 2.18. The SMILES string of the molecule is CSCCCCNc1cc(C)ncn1. The average molecular weight is 211 g/mol. The lowest BCUT2D eigenvalue weighted by atomic mass is 10.3. The lowest BCUT2D eigenvalue weighted by Gasteiger charge is -2.04. The molecule has 0 atom stereocenters. The van der Waals surface area contributed by atoms with Crippen molar-refractivity contribution in [2.45, 2.75) is 19.8 Å². The van der Waals surface area contributed by atoms with Crippen molar-refractivity contribution in [3.63, 3.8) is 0 Å². The Morgan fingerprint density at radius 2 is 2.21 bits per heavy atom. The van der Waals surface area contributed by atoms with E-state index in [2.05, 4.69) is 21.5 Å². The molecule has 0 aliphatic rings. The molecule has 1 aromatic heterocycles. The molecular formula is C10H17N3S. The Hall–Kier alpha value is -0.770. The molecular weight excluding hydrogens is 194 g/mol. The van der Waals surface area contributed by atoms with Crippen LogP contribution in [0.2, 0.25) is 0 Å². The topological polar surface area (TPSA) is 37.8 Å². The number of hydrogen-bond donors (Lipinski definition) is 1. The minimum atomic E-state index is 0.932. The number of aryl methyl sites for hydroxylation is 1. The van der Waals surface area contributed by atoms with Gasteiger partial charge >= 0.3 is 0 Å². The van der Waals surface area contributed by atoms with E-state index in [9.17, 15) is 0 Å². The van der Waals surface area contributed by atoms with Crippen molar-refractivity contribution in [3.8, 4) is 0 Å². The smallest absolute Gasteiger partial charge is 0.129 e. The Kier molecular flexibility index (Phi) is 5.37. The summed E-state index contributed by atoms with van der Waals surface area (Å²) in [5, 5.41) is 3.28. The predicted octanol–water partition coefficient (Wildman–Crippen LogP) is 2.34. The number of anilines is 1.